The Morgan fingerprint density at radius 1 is 1.19 bits per heavy atom. The van der Waals surface area contributed by atoms with E-state index in [1.807, 2.05) is 13.0 Å². The Morgan fingerprint density at radius 2 is 1.96 bits per heavy atom. The molecule has 0 aromatic carbocycles. The van der Waals surface area contributed by atoms with E-state index in [9.17, 15) is 23.6 Å². The lowest BCUT2D eigenvalue weighted by molar-refractivity contribution is -0.137. The number of hydrogen-bond acceptors (Lipinski definition) is 8. The van der Waals surface area contributed by atoms with Crippen molar-refractivity contribution in [2.75, 3.05) is 11.9 Å². The van der Waals surface area contributed by atoms with Gasteiger partial charge in [0.25, 0.3) is 11.5 Å². The highest BCUT2D eigenvalue weighted by Gasteiger charge is 2.40. The number of amides is 3. The Labute approximate surface area is 274 Å². The van der Waals surface area contributed by atoms with Crippen molar-refractivity contribution in [2.24, 2.45) is 5.73 Å². The number of hydrogen-bond donors (Lipinski definition) is 3. The molecule has 2 atom stereocenters. The zero-order valence-electron chi connectivity index (χ0n) is 26.8. The maximum Gasteiger partial charge on any atom is 0.269 e. The van der Waals surface area contributed by atoms with Gasteiger partial charge in [0, 0.05) is 35.0 Å². The van der Waals surface area contributed by atoms with E-state index in [0.29, 0.717) is 27.9 Å². The van der Waals surface area contributed by atoms with Crippen molar-refractivity contribution in [3.05, 3.63) is 75.7 Å². The molecular formula is C33H37FN10O4. The molecule has 4 aromatic heterocycles. The zero-order valence-corrected chi connectivity index (χ0v) is 26.8. The van der Waals surface area contributed by atoms with E-state index in [1.54, 1.807) is 29.7 Å². The van der Waals surface area contributed by atoms with Crippen LogP contribution in [0.5, 0.6) is 0 Å². The van der Waals surface area contributed by atoms with Crippen LogP contribution >= 0.6 is 0 Å². The van der Waals surface area contributed by atoms with Gasteiger partial charge in [-0.05, 0) is 50.5 Å². The predicted molar refractivity (Wildman–Crippen MR) is 176 cm³/mol. The van der Waals surface area contributed by atoms with Crippen LogP contribution in [0, 0.1) is 13.8 Å². The number of carbonyl (C=O) groups is 3. The van der Waals surface area contributed by atoms with Gasteiger partial charge >= 0.3 is 0 Å². The number of carbonyl (C=O) groups excluding carboxylic acids is 3. The molecule has 14 nitrogen and oxygen atoms in total. The van der Waals surface area contributed by atoms with E-state index in [-0.39, 0.29) is 48.0 Å². The molecule has 48 heavy (non-hydrogen) atoms. The van der Waals surface area contributed by atoms with E-state index in [0.717, 1.165) is 42.7 Å². The quantitative estimate of drug-likeness (QED) is 0.229. The smallest absolute Gasteiger partial charge is 0.269 e. The summed E-state index contributed by atoms with van der Waals surface area (Å²) in [5.41, 5.74) is 8.72. The fourth-order valence-corrected chi connectivity index (χ4v) is 6.79. The second-order valence-electron chi connectivity index (χ2n) is 12.3. The number of alkyl halides is 1. The first-order chi connectivity index (χ1) is 23.1. The number of pyridine rings is 1. The minimum Gasteiger partial charge on any atom is -0.364 e. The number of allylic oxidation sites excluding steroid dienone is 2. The highest BCUT2D eigenvalue weighted by atomic mass is 19.1. The van der Waals surface area contributed by atoms with E-state index >= 15 is 0 Å². The third-order valence-electron chi connectivity index (χ3n) is 9.22. The minimum absolute atomic E-state index is 0.0344. The average Bonchev–Trinajstić information content (AvgIpc) is 3.76. The predicted octanol–water partition coefficient (Wildman–Crippen LogP) is 3.24. The Balaban J connectivity index is 1.25. The normalized spacial score (nSPS) is 18.7. The fraction of sp³-hybridized carbons (Fsp3) is 0.394. The third kappa shape index (κ3) is 6.14. The highest BCUT2D eigenvalue weighted by molar-refractivity contribution is 6.03. The number of aromatic amines is 1. The van der Waals surface area contributed by atoms with Gasteiger partial charge in [-0.2, -0.15) is 20.4 Å². The molecule has 1 aliphatic carbocycles. The summed E-state index contributed by atoms with van der Waals surface area (Å²) < 4.78 is 17.9. The number of nitrogens with zero attached hydrogens (tertiary/aromatic N) is 7. The second kappa shape index (κ2) is 13.3. The molecule has 4 N–H and O–H groups in total. The maximum atomic E-state index is 14.8. The fourth-order valence-electron chi connectivity index (χ4n) is 6.79. The lowest BCUT2D eigenvalue weighted by atomic mass is 9.94. The Bertz CT molecular complexity index is 1990. The number of anilines is 1. The monoisotopic (exact) mass is 656 g/mol. The summed E-state index contributed by atoms with van der Waals surface area (Å²) in [6, 6.07) is 2.46. The lowest BCUT2D eigenvalue weighted by Gasteiger charge is -2.26. The van der Waals surface area contributed by atoms with Crippen LogP contribution in [0.1, 0.15) is 77.6 Å². The molecule has 1 aliphatic heterocycles. The number of nitrogens with one attached hydrogen (secondary N) is 2. The lowest BCUT2D eigenvalue weighted by Crippen LogP contribution is -2.44. The van der Waals surface area contributed by atoms with Crippen molar-refractivity contribution in [1.29, 1.82) is 0 Å². The number of fused-ring (bicyclic) bond motifs is 1. The SMILES string of the molecule is C=C/C(=C\c1c(C(N)=O)nn(CC(=O)N2CC(F)CC2C(=O)Nc2n[nH]c3cc(C)n(C4CCCCC4)c(=O)c23)c1C)c1ccnnc1. The van der Waals surface area contributed by atoms with E-state index in [1.165, 1.54) is 17.1 Å². The summed E-state index contributed by atoms with van der Waals surface area (Å²) in [7, 11) is 0. The Hall–Kier alpha value is -5.47. The number of primary amides is 1. The van der Waals surface area contributed by atoms with Crippen LogP contribution in [-0.4, -0.2) is 76.1 Å². The van der Waals surface area contributed by atoms with Crippen LogP contribution < -0.4 is 16.6 Å². The molecule has 6 rings (SSSR count). The van der Waals surface area contributed by atoms with Crippen molar-refractivity contribution in [1.82, 2.24) is 39.6 Å². The Kier molecular flexibility index (Phi) is 9.02. The highest BCUT2D eigenvalue weighted by Crippen LogP contribution is 2.30. The van der Waals surface area contributed by atoms with E-state index in [2.05, 4.69) is 37.4 Å². The molecule has 250 valence electrons. The summed E-state index contributed by atoms with van der Waals surface area (Å²) in [6.07, 6.45) is 9.62. The number of rotatable bonds is 9. The standard InChI is InChI=1S/C33H37FN10O4/c1-4-20(21-10-11-36-37-15-21)13-24-19(3)43(41-29(24)30(35)46)17-27(45)42-16-22(34)14-26(42)32(47)38-31-28-25(39-40-31)12-18(2)44(33(28)48)23-8-6-5-7-9-23/h4,10-13,15,22-23,26H,1,5-9,14,16-17H2,2-3H3,(H2,35,46)(H2,38,39,40,47)/b20-13+. The molecule has 2 fully saturated rings. The van der Waals surface area contributed by atoms with Crippen molar-refractivity contribution < 1.29 is 18.8 Å². The van der Waals surface area contributed by atoms with Crippen molar-refractivity contribution in [3.8, 4) is 0 Å². The van der Waals surface area contributed by atoms with Gasteiger partial charge in [-0.15, -0.1) is 0 Å². The molecule has 2 aliphatic rings. The van der Waals surface area contributed by atoms with Gasteiger partial charge in [0.15, 0.2) is 11.5 Å². The van der Waals surface area contributed by atoms with Gasteiger partial charge in [-0.25, -0.2) is 4.39 Å². The molecule has 0 bridgehead atoms. The number of likely N-dealkylation sites (tertiary alicyclic amines) is 1. The second-order valence-corrected chi connectivity index (χ2v) is 12.3. The molecule has 1 saturated carbocycles. The number of nitrogens with two attached hydrogens (primary N) is 1. The van der Waals surface area contributed by atoms with Crippen molar-refractivity contribution >= 4 is 46.1 Å². The summed E-state index contributed by atoms with van der Waals surface area (Å²) in [6.45, 7) is 6.69. The first-order valence-electron chi connectivity index (χ1n) is 15.9. The van der Waals surface area contributed by atoms with Gasteiger partial charge in [0.1, 0.15) is 24.1 Å². The molecule has 1 saturated heterocycles. The largest absolute Gasteiger partial charge is 0.364 e. The summed E-state index contributed by atoms with van der Waals surface area (Å²) >= 11 is 0. The maximum absolute atomic E-state index is 14.8. The number of H-pyrrole nitrogens is 1. The first-order valence-corrected chi connectivity index (χ1v) is 15.9. The van der Waals surface area contributed by atoms with Gasteiger partial charge in [-0.3, -0.25) is 29.0 Å². The summed E-state index contributed by atoms with van der Waals surface area (Å²) in [5, 5.41) is 21.9. The molecule has 2 unspecified atom stereocenters. The van der Waals surface area contributed by atoms with Crippen LogP contribution in [0.2, 0.25) is 0 Å². The number of aryl methyl sites for hydroxylation is 1. The molecule has 15 heteroatoms. The zero-order chi connectivity index (χ0) is 34.1. The van der Waals surface area contributed by atoms with Crippen LogP contribution in [0.4, 0.5) is 10.2 Å². The van der Waals surface area contributed by atoms with Gasteiger partial charge in [0.2, 0.25) is 11.8 Å². The molecule has 0 spiro atoms. The van der Waals surface area contributed by atoms with Gasteiger partial charge in [-0.1, -0.05) is 31.9 Å². The topological polar surface area (TPSA) is 187 Å². The Morgan fingerprint density at radius 3 is 2.65 bits per heavy atom. The first kappa shape index (κ1) is 32.5. The molecular weight excluding hydrogens is 619 g/mol. The van der Waals surface area contributed by atoms with Crippen LogP contribution in [0.3, 0.4) is 0 Å². The van der Waals surface area contributed by atoms with E-state index < -0.39 is 29.9 Å². The van der Waals surface area contributed by atoms with Crippen molar-refractivity contribution in [2.45, 2.75) is 77.2 Å². The molecule has 3 amide bonds. The van der Waals surface area contributed by atoms with Crippen LogP contribution in [0.15, 0.2) is 42.0 Å². The summed E-state index contributed by atoms with van der Waals surface area (Å²) in [4.78, 5) is 54.4. The van der Waals surface area contributed by atoms with Crippen LogP contribution in [-0.2, 0) is 16.1 Å². The number of aromatic nitrogens is 7. The van der Waals surface area contributed by atoms with Crippen LogP contribution in [0.25, 0.3) is 22.6 Å². The van der Waals surface area contributed by atoms with Crippen molar-refractivity contribution in [3.63, 3.8) is 0 Å². The van der Waals surface area contributed by atoms with E-state index in [4.69, 9.17) is 5.73 Å². The molecule has 5 heterocycles. The van der Waals surface area contributed by atoms with Gasteiger partial charge in [0.05, 0.1) is 24.5 Å². The van der Waals surface area contributed by atoms with Gasteiger partial charge < -0.3 is 20.5 Å². The molecule has 0 radical (unpaired) electrons. The minimum atomic E-state index is -1.45. The average molecular weight is 657 g/mol. The molecule has 4 aromatic rings. The summed E-state index contributed by atoms with van der Waals surface area (Å²) in [5.74, 6) is -2.02. The number of halogens is 1. The third-order valence-corrected chi connectivity index (χ3v) is 9.22.